The molecule has 1 atom stereocenters. The molecule has 1 aromatic heterocycles. The highest BCUT2D eigenvalue weighted by Crippen LogP contribution is 2.29. The summed E-state index contributed by atoms with van der Waals surface area (Å²) in [5, 5.41) is 11.4. The molecule has 1 unspecified atom stereocenters. The molecule has 0 saturated carbocycles. The standard InChI is InChI=1S/C20H24F3N5O2/c21-20(22,23)16-3-1-14(2-4-16)12-27-7-5-17-25-26-18(28(17)9-8-27)11-24-19(29)15-6-10-30-13-15/h1-4,15H,5-13H2,(H,24,29). The molecule has 0 radical (unpaired) electrons. The zero-order valence-electron chi connectivity index (χ0n) is 16.5. The lowest BCUT2D eigenvalue weighted by Gasteiger charge is -2.20. The minimum Gasteiger partial charge on any atom is -0.381 e. The Bertz CT molecular complexity index is 876. The van der Waals surface area contributed by atoms with Gasteiger partial charge in [0.25, 0.3) is 0 Å². The minimum atomic E-state index is -4.32. The third-order valence-corrected chi connectivity index (χ3v) is 5.60. The van der Waals surface area contributed by atoms with E-state index in [4.69, 9.17) is 4.74 Å². The molecule has 0 aliphatic carbocycles. The van der Waals surface area contributed by atoms with Crippen LogP contribution in [0.25, 0.3) is 0 Å². The molecule has 7 nitrogen and oxygen atoms in total. The number of amides is 1. The topological polar surface area (TPSA) is 72.3 Å². The molecule has 2 aliphatic heterocycles. The van der Waals surface area contributed by atoms with E-state index in [0.717, 1.165) is 43.0 Å². The fourth-order valence-corrected chi connectivity index (χ4v) is 3.82. The summed E-state index contributed by atoms with van der Waals surface area (Å²) in [5.41, 5.74) is 0.205. The quantitative estimate of drug-likeness (QED) is 0.797. The second-order valence-corrected chi connectivity index (χ2v) is 7.68. The summed E-state index contributed by atoms with van der Waals surface area (Å²) in [7, 11) is 0. The predicted molar refractivity (Wildman–Crippen MR) is 101 cm³/mol. The van der Waals surface area contributed by atoms with Crippen molar-refractivity contribution in [3.63, 3.8) is 0 Å². The number of aromatic nitrogens is 3. The number of fused-ring (bicyclic) bond motifs is 1. The largest absolute Gasteiger partial charge is 0.416 e. The molecule has 1 aromatic carbocycles. The number of benzene rings is 1. The van der Waals surface area contributed by atoms with Gasteiger partial charge in [0.15, 0.2) is 5.82 Å². The molecule has 1 fully saturated rings. The molecular formula is C20H24F3N5O2. The van der Waals surface area contributed by atoms with E-state index < -0.39 is 11.7 Å². The number of carbonyl (C=O) groups excluding carboxylic acids is 1. The Balaban J connectivity index is 1.33. The SMILES string of the molecule is O=C(NCc1nnc2n1CCN(Cc1ccc(C(F)(F)F)cc1)CC2)C1CCOC1. The first kappa shape index (κ1) is 20.8. The first-order chi connectivity index (χ1) is 14.4. The van der Waals surface area contributed by atoms with Crippen LogP contribution < -0.4 is 5.32 Å². The van der Waals surface area contributed by atoms with Crippen LogP contribution in [0.15, 0.2) is 24.3 Å². The summed E-state index contributed by atoms with van der Waals surface area (Å²) < 4.78 is 45.5. The van der Waals surface area contributed by atoms with Gasteiger partial charge in [-0.05, 0) is 24.1 Å². The van der Waals surface area contributed by atoms with E-state index in [1.807, 2.05) is 4.57 Å². The minimum absolute atomic E-state index is 0.0256. The highest BCUT2D eigenvalue weighted by atomic mass is 19.4. The Morgan fingerprint density at radius 1 is 1.17 bits per heavy atom. The maximum Gasteiger partial charge on any atom is 0.416 e. The van der Waals surface area contributed by atoms with Crippen LogP contribution in [0.1, 0.15) is 29.2 Å². The summed E-state index contributed by atoms with van der Waals surface area (Å²) in [5.74, 6) is 1.45. The number of ether oxygens (including phenoxy) is 1. The van der Waals surface area contributed by atoms with Gasteiger partial charge in [0, 0.05) is 39.2 Å². The summed E-state index contributed by atoms with van der Waals surface area (Å²) >= 11 is 0. The average Bonchev–Trinajstić information content (AvgIpc) is 3.34. The number of carbonyl (C=O) groups is 1. The zero-order chi connectivity index (χ0) is 21.1. The summed E-state index contributed by atoms with van der Waals surface area (Å²) in [4.78, 5) is 14.4. The van der Waals surface area contributed by atoms with E-state index in [2.05, 4.69) is 20.4 Å². The smallest absolute Gasteiger partial charge is 0.381 e. The number of rotatable bonds is 5. The average molecular weight is 423 g/mol. The van der Waals surface area contributed by atoms with Gasteiger partial charge in [-0.25, -0.2) is 0 Å². The Morgan fingerprint density at radius 2 is 1.97 bits per heavy atom. The fourth-order valence-electron chi connectivity index (χ4n) is 3.82. The molecule has 0 bridgehead atoms. The van der Waals surface area contributed by atoms with Gasteiger partial charge >= 0.3 is 6.18 Å². The molecule has 10 heteroatoms. The van der Waals surface area contributed by atoms with Gasteiger partial charge in [-0.1, -0.05) is 12.1 Å². The lowest BCUT2D eigenvalue weighted by molar-refractivity contribution is -0.137. The van der Waals surface area contributed by atoms with Crippen molar-refractivity contribution in [2.45, 2.75) is 38.7 Å². The summed E-state index contributed by atoms with van der Waals surface area (Å²) in [6, 6.07) is 5.31. The maximum atomic E-state index is 12.7. The lowest BCUT2D eigenvalue weighted by Crippen LogP contribution is -2.32. The normalized spacial score (nSPS) is 20.0. The first-order valence-electron chi connectivity index (χ1n) is 10.0. The van der Waals surface area contributed by atoms with Crippen molar-refractivity contribution >= 4 is 5.91 Å². The summed E-state index contributed by atoms with van der Waals surface area (Å²) in [6.45, 7) is 4.11. The van der Waals surface area contributed by atoms with Crippen LogP contribution in [0.5, 0.6) is 0 Å². The molecule has 162 valence electrons. The molecule has 1 N–H and O–H groups in total. The van der Waals surface area contributed by atoms with Gasteiger partial charge in [0.1, 0.15) is 5.82 Å². The van der Waals surface area contributed by atoms with Crippen molar-refractivity contribution in [2.24, 2.45) is 5.92 Å². The van der Waals surface area contributed by atoms with Gasteiger partial charge in [-0.15, -0.1) is 10.2 Å². The van der Waals surface area contributed by atoms with Crippen molar-refractivity contribution in [1.29, 1.82) is 0 Å². The van der Waals surface area contributed by atoms with Crippen LogP contribution in [0, 0.1) is 5.92 Å². The van der Waals surface area contributed by atoms with Crippen molar-refractivity contribution in [2.75, 3.05) is 26.3 Å². The van der Waals surface area contributed by atoms with Crippen molar-refractivity contribution in [1.82, 2.24) is 25.0 Å². The molecule has 1 saturated heterocycles. The maximum absolute atomic E-state index is 12.7. The van der Waals surface area contributed by atoms with Crippen molar-refractivity contribution in [3.8, 4) is 0 Å². The molecule has 2 aromatic rings. The zero-order valence-corrected chi connectivity index (χ0v) is 16.5. The van der Waals surface area contributed by atoms with Gasteiger partial charge in [0.05, 0.1) is 24.6 Å². The number of halogens is 3. The van der Waals surface area contributed by atoms with E-state index in [-0.39, 0.29) is 11.8 Å². The van der Waals surface area contributed by atoms with Crippen LogP contribution in [0.2, 0.25) is 0 Å². The van der Waals surface area contributed by atoms with E-state index in [9.17, 15) is 18.0 Å². The summed E-state index contributed by atoms with van der Waals surface area (Å²) in [6.07, 6.45) is -2.89. The lowest BCUT2D eigenvalue weighted by atomic mass is 10.1. The number of hydrogen-bond donors (Lipinski definition) is 1. The van der Waals surface area contributed by atoms with E-state index in [0.29, 0.717) is 45.1 Å². The third-order valence-electron chi connectivity index (χ3n) is 5.60. The molecule has 30 heavy (non-hydrogen) atoms. The predicted octanol–water partition coefficient (Wildman–Crippen LogP) is 2.01. The number of alkyl halides is 3. The van der Waals surface area contributed by atoms with Crippen molar-refractivity contribution < 1.29 is 22.7 Å². The molecule has 0 spiro atoms. The second-order valence-electron chi connectivity index (χ2n) is 7.68. The second kappa shape index (κ2) is 8.73. The molecule has 1 amide bonds. The fraction of sp³-hybridized carbons (Fsp3) is 0.550. The molecule has 4 rings (SSSR count). The number of nitrogens with one attached hydrogen (secondary N) is 1. The Morgan fingerprint density at radius 3 is 2.67 bits per heavy atom. The van der Waals surface area contributed by atoms with Crippen LogP contribution in [0.3, 0.4) is 0 Å². The van der Waals surface area contributed by atoms with E-state index >= 15 is 0 Å². The Kier molecular flexibility index (Phi) is 6.05. The van der Waals surface area contributed by atoms with Gasteiger partial charge in [0.2, 0.25) is 5.91 Å². The number of hydrogen-bond acceptors (Lipinski definition) is 5. The number of nitrogens with zero attached hydrogens (tertiary/aromatic N) is 4. The van der Waals surface area contributed by atoms with Crippen molar-refractivity contribution in [3.05, 3.63) is 47.0 Å². The van der Waals surface area contributed by atoms with Crippen LogP contribution in [0.4, 0.5) is 13.2 Å². The van der Waals surface area contributed by atoms with E-state index in [1.54, 1.807) is 0 Å². The van der Waals surface area contributed by atoms with Crippen LogP contribution in [-0.2, 0) is 41.8 Å². The molecular weight excluding hydrogens is 399 g/mol. The van der Waals surface area contributed by atoms with Gasteiger partial charge in [-0.2, -0.15) is 13.2 Å². The first-order valence-corrected chi connectivity index (χ1v) is 10.0. The van der Waals surface area contributed by atoms with Gasteiger partial charge in [-0.3, -0.25) is 9.69 Å². The molecule has 3 heterocycles. The highest BCUT2D eigenvalue weighted by Gasteiger charge is 2.30. The molecule has 2 aliphatic rings. The Labute approximate surface area is 172 Å². The Hall–Kier alpha value is -2.46. The highest BCUT2D eigenvalue weighted by molar-refractivity contribution is 5.78. The third kappa shape index (κ3) is 4.81. The van der Waals surface area contributed by atoms with E-state index in [1.165, 1.54) is 12.1 Å². The van der Waals surface area contributed by atoms with Gasteiger partial charge < -0.3 is 14.6 Å². The monoisotopic (exact) mass is 423 g/mol. The van der Waals surface area contributed by atoms with Crippen LogP contribution in [-0.4, -0.2) is 51.9 Å². The van der Waals surface area contributed by atoms with Crippen LogP contribution >= 0.6 is 0 Å².